The smallest absolute Gasteiger partial charge is 0.268 e. The molecule has 0 unspecified atom stereocenters. The van der Waals surface area contributed by atoms with Gasteiger partial charge in [-0.2, -0.15) is 10.5 Å². The number of nitrogens with zero attached hydrogens (tertiary/aromatic N) is 2. The van der Waals surface area contributed by atoms with Gasteiger partial charge in [0.2, 0.25) is 0 Å². The first-order valence-electron chi connectivity index (χ1n) is 7.74. The fraction of sp³-hybridized carbons (Fsp3) is 0.0500. The molecule has 126 valence electrons. The number of hydrogen-bond acceptors (Lipinski definition) is 5. The van der Waals surface area contributed by atoms with Crippen molar-refractivity contribution in [1.29, 1.82) is 10.5 Å². The molecule has 0 saturated heterocycles. The van der Waals surface area contributed by atoms with Crippen LogP contribution in [0.2, 0.25) is 0 Å². The van der Waals surface area contributed by atoms with Gasteiger partial charge in [0.25, 0.3) is 5.56 Å². The Hall–Kier alpha value is -4.03. The molecule has 0 spiro atoms. The monoisotopic (exact) mass is 342 g/mol. The van der Waals surface area contributed by atoms with Crippen LogP contribution >= 0.6 is 0 Å². The summed E-state index contributed by atoms with van der Waals surface area (Å²) in [4.78, 5) is 14.3. The molecule has 3 rings (SSSR count). The lowest BCUT2D eigenvalue weighted by molar-refractivity contribution is 0.482. The molecule has 3 N–H and O–H groups in total. The Morgan fingerprint density at radius 1 is 0.923 bits per heavy atom. The number of benzene rings is 2. The van der Waals surface area contributed by atoms with Crippen LogP contribution in [0.4, 0.5) is 5.82 Å². The van der Waals surface area contributed by atoms with Gasteiger partial charge in [0.15, 0.2) is 0 Å². The first-order valence-corrected chi connectivity index (χ1v) is 7.74. The van der Waals surface area contributed by atoms with Crippen molar-refractivity contribution in [2.75, 3.05) is 5.73 Å². The molecule has 0 radical (unpaired) electrons. The zero-order valence-corrected chi connectivity index (χ0v) is 13.9. The van der Waals surface area contributed by atoms with E-state index in [1.165, 1.54) is 0 Å². The number of hydrogen-bond donors (Lipinski definition) is 2. The van der Waals surface area contributed by atoms with E-state index in [2.05, 4.69) is 4.98 Å². The highest BCUT2D eigenvalue weighted by molar-refractivity contribution is 5.80. The fourth-order valence-electron chi connectivity index (χ4n) is 2.56. The minimum Gasteiger partial charge on any atom is -0.457 e. The molecule has 1 aromatic heterocycles. The summed E-state index contributed by atoms with van der Waals surface area (Å²) in [6.45, 7) is 1.99. The van der Waals surface area contributed by atoms with E-state index in [0.29, 0.717) is 17.1 Å². The maximum absolute atomic E-state index is 12.0. The molecule has 0 aliphatic carbocycles. The molecule has 26 heavy (non-hydrogen) atoms. The first-order chi connectivity index (χ1) is 12.5. The summed E-state index contributed by atoms with van der Waals surface area (Å²) in [5, 5.41) is 18.7. The number of rotatable bonds is 3. The van der Waals surface area contributed by atoms with Crippen molar-refractivity contribution in [3.05, 3.63) is 75.6 Å². The highest BCUT2D eigenvalue weighted by Crippen LogP contribution is 2.30. The van der Waals surface area contributed by atoms with Gasteiger partial charge in [0.1, 0.15) is 40.6 Å². The normalized spacial score (nSPS) is 9.96. The molecule has 0 aliphatic heterocycles. The lowest BCUT2D eigenvalue weighted by Gasteiger charge is -2.10. The zero-order chi connectivity index (χ0) is 18.7. The molecule has 0 saturated carbocycles. The van der Waals surface area contributed by atoms with Crippen LogP contribution in [0.5, 0.6) is 11.5 Å². The van der Waals surface area contributed by atoms with Crippen LogP contribution in [0.3, 0.4) is 0 Å². The Labute approximate surface area is 149 Å². The topological polar surface area (TPSA) is 116 Å². The Balaban J connectivity index is 2.02. The van der Waals surface area contributed by atoms with Crippen molar-refractivity contribution >= 4 is 5.82 Å². The molecule has 6 heteroatoms. The van der Waals surface area contributed by atoms with E-state index < -0.39 is 5.56 Å². The minimum absolute atomic E-state index is 0.0633. The maximum Gasteiger partial charge on any atom is 0.268 e. The number of aryl methyl sites for hydroxylation is 1. The zero-order valence-electron chi connectivity index (χ0n) is 13.9. The van der Waals surface area contributed by atoms with Crippen LogP contribution in [-0.2, 0) is 0 Å². The predicted molar refractivity (Wildman–Crippen MR) is 97.6 cm³/mol. The predicted octanol–water partition coefficient (Wildman–Crippen LogP) is 3.47. The number of ether oxygens (including phenoxy) is 1. The van der Waals surface area contributed by atoms with Gasteiger partial charge < -0.3 is 15.5 Å². The van der Waals surface area contributed by atoms with Gasteiger partial charge >= 0.3 is 0 Å². The average molecular weight is 342 g/mol. The molecule has 1 heterocycles. The average Bonchev–Trinajstić information content (AvgIpc) is 2.64. The second-order valence-corrected chi connectivity index (χ2v) is 5.66. The van der Waals surface area contributed by atoms with E-state index in [9.17, 15) is 15.3 Å². The largest absolute Gasteiger partial charge is 0.457 e. The van der Waals surface area contributed by atoms with Gasteiger partial charge in [0, 0.05) is 5.56 Å². The van der Waals surface area contributed by atoms with E-state index in [0.717, 1.165) is 5.56 Å². The van der Waals surface area contributed by atoms with E-state index in [4.69, 9.17) is 10.5 Å². The van der Waals surface area contributed by atoms with Crippen LogP contribution in [0.1, 0.15) is 16.7 Å². The number of anilines is 1. The van der Waals surface area contributed by atoms with Crippen molar-refractivity contribution in [1.82, 2.24) is 4.98 Å². The number of nitrogens with one attached hydrogen (secondary N) is 1. The van der Waals surface area contributed by atoms with E-state index >= 15 is 0 Å². The summed E-state index contributed by atoms with van der Waals surface area (Å²) in [5.41, 5.74) is 6.90. The van der Waals surface area contributed by atoms with E-state index in [-0.39, 0.29) is 22.5 Å². The standard InChI is InChI=1S/C20H14N4O2/c1-12-2-6-14(7-3-12)26-15-8-4-13(5-9-15)18-16(10-21)19(23)24-20(25)17(18)11-22/h2-9H,1H3,(H3,23,24,25). The summed E-state index contributed by atoms with van der Waals surface area (Å²) >= 11 is 0. The first kappa shape index (κ1) is 16.8. The molecule has 0 fully saturated rings. The SMILES string of the molecule is Cc1ccc(Oc2ccc(-c3c(C#N)c(N)[nH]c(=O)c3C#N)cc2)cc1. The second kappa shape index (κ2) is 6.84. The maximum atomic E-state index is 12.0. The number of nitriles is 2. The van der Waals surface area contributed by atoms with Crippen molar-refractivity contribution in [2.24, 2.45) is 0 Å². The Bertz CT molecular complexity index is 1100. The fourth-order valence-corrected chi connectivity index (χ4v) is 2.56. The number of aromatic nitrogens is 1. The van der Waals surface area contributed by atoms with E-state index in [1.54, 1.807) is 24.3 Å². The number of H-pyrrole nitrogens is 1. The van der Waals surface area contributed by atoms with Crippen molar-refractivity contribution in [2.45, 2.75) is 6.92 Å². The van der Waals surface area contributed by atoms with Crippen LogP contribution in [0.25, 0.3) is 11.1 Å². The quantitative estimate of drug-likeness (QED) is 0.756. The Kier molecular flexibility index (Phi) is 4.42. The minimum atomic E-state index is -0.626. The Morgan fingerprint density at radius 2 is 1.46 bits per heavy atom. The molecule has 2 aromatic carbocycles. The third-order valence-electron chi connectivity index (χ3n) is 3.87. The summed E-state index contributed by atoms with van der Waals surface area (Å²) in [6, 6.07) is 18.2. The number of pyridine rings is 1. The molecule has 0 aliphatic rings. The number of nitrogen functional groups attached to an aromatic ring is 1. The molecule has 0 amide bonds. The van der Waals surface area contributed by atoms with Crippen molar-refractivity contribution in [3.63, 3.8) is 0 Å². The third-order valence-corrected chi connectivity index (χ3v) is 3.87. The summed E-state index contributed by atoms with van der Waals surface area (Å²) in [5.74, 6) is 1.22. The van der Waals surface area contributed by atoms with Crippen LogP contribution in [0.15, 0.2) is 53.3 Å². The number of nitrogens with two attached hydrogens (primary N) is 1. The Morgan fingerprint density at radius 3 is 2.00 bits per heavy atom. The van der Waals surface area contributed by atoms with Crippen LogP contribution < -0.4 is 16.0 Å². The van der Waals surface area contributed by atoms with Crippen LogP contribution in [0, 0.1) is 29.6 Å². The van der Waals surface area contributed by atoms with E-state index in [1.807, 2.05) is 43.3 Å². The molecule has 6 nitrogen and oxygen atoms in total. The molecular formula is C20H14N4O2. The molecular weight excluding hydrogens is 328 g/mol. The molecule has 3 aromatic rings. The van der Waals surface area contributed by atoms with Gasteiger partial charge in [-0.1, -0.05) is 29.8 Å². The molecule has 0 atom stereocenters. The van der Waals surface area contributed by atoms with Gasteiger partial charge in [-0.25, -0.2) is 0 Å². The second-order valence-electron chi connectivity index (χ2n) is 5.66. The summed E-state index contributed by atoms with van der Waals surface area (Å²) in [6.07, 6.45) is 0. The van der Waals surface area contributed by atoms with Gasteiger partial charge in [-0.3, -0.25) is 4.79 Å². The molecule has 0 bridgehead atoms. The van der Waals surface area contributed by atoms with Gasteiger partial charge in [0.05, 0.1) is 0 Å². The highest BCUT2D eigenvalue weighted by Gasteiger charge is 2.18. The highest BCUT2D eigenvalue weighted by atomic mass is 16.5. The third kappa shape index (κ3) is 3.12. The lowest BCUT2D eigenvalue weighted by Crippen LogP contribution is -2.16. The van der Waals surface area contributed by atoms with Crippen molar-refractivity contribution < 1.29 is 4.74 Å². The van der Waals surface area contributed by atoms with Gasteiger partial charge in [-0.15, -0.1) is 0 Å². The van der Waals surface area contributed by atoms with Crippen LogP contribution in [-0.4, -0.2) is 4.98 Å². The summed E-state index contributed by atoms with van der Waals surface area (Å²) in [7, 11) is 0. The van der Waals surface area contributed by atoms with Crippen molar-refractivity contribution in [3.8, 4) is 34.8 Å². The lowest BCUT2D eigenvalue weighted by atomic mass is 9.96. The van der Waals surface area contributed by atoms with Gasteiger partial charge in [-0.05, 0) is 36.8 Å². The number of aromatic amines is 1. The summed E-state index contributed by atoms with van der Waals surface area (Å²) < 4.78 is 5.76.